The van der Waals surface area contributed by atoms with Crippen molar-refractivity contribution in [1.82, 2.24) is 0 Å². The summed E-state index contributed by atoms with van der Waals surface area (Å²) in [5, 5.41) is 0. The summed E-state index contributed by atoms with van der Waals surface area (Å²) in [6.45, 7) is 8.38. The van der Waals surface area contributed by atoms with Crippen LogP contribution in [0.15, 0.2) is 23.8 Å². The van der Waals surface area contributed by atoms with E-state index in [4.69, 9.17) is 0 Å². The summed E-state index contributed by atoms with van der Waals surface area (Å²) < 4.78 is 0. The Morgan fingerprint density at radius 2 is 1.91 bits per heavy atom. The number of allylic oxidation sites excluding steroid dienone is 4. The van der Waals surface area contributed by atoms with Gasteiger partial charge in [-0.25, -0.2) is 0 Å². The molecule has 11 heavy (non-hydrogen) atoms. The molecule has 1 aliphatic rings. The van der Waals surface area contributed by atoms with Gasteiger partial charge in [-0.3, -0.25) is 0 Å². The summed E-state index contributed by atoms with van der Waals surface area (Å²) in [6, 6.07) is 0. The number of rotatable bonds is 0. The Hall–Kier alpha value is 0.0644. The molecule has 0 spiro atoms. The second kappa shape index (κ2) is 8.16. The van der Waals surface area contributed by atoms with Crippen LogP contribution in [-0.2, 0) is 18.6 Å². The van der Waals surface area contributed by atoms with Crippen molar-refractivity contribution in [2.75, 3.05) is 0 Å². The molecule has 0 heterocycles. The van der Waals surface area contributed by atoms with Crippen LogP contribution in [0.2, 0.25) is 0 Å². The molecular formula is C10H18V. The fourth-order valence-electron chi connectivity index (χ4n) is 0.834. The van der Waals surface area contributed by atoms with Crippen molar-refractivity contribution >= 4 is 0 Å². The molecule has 0 amide bonds. The third-order valence-corrected chi connectivity index (χ3v) is 1.50. The second-order valence-corrected chi connectivity index (χ2v) is 2.52. The van der Waals surface area contributed by atoms with E-state index in [1.807, 2.05) is 13.8 Å². The molecule has 0 fully saturated rings. The van der Waals surface area contributed by atoms with Crippen molar-refractivity contribution in [2.45, 2.75) is 34.1 Å². The largest absolute Gasteiger partial charge is 0.0811 e. The van der Waals surface area contributed by atoms with Gasteiger partial charge >= 0.3 is 0 Å². The molecule has 0 aliphatic heterocycles. The molecule has 1 atom stereocenters. The molecule has 0 aromatic rings. The number of hydrogen-bond donors (Lipinski definition) is 0. The molecule has 1 aliphatic carbocycles. The van der Waals surface area contributed by atoms with Crippen molar-refractivity contribution in [3.63, 3.8) is 0 Å². The van der Waals surface area contributed by atoms with Crippen LogP contribution in [0.5, 0.6) is 0 Å². The zero-order valence-corrected chi connectivity index (χ0v) is 9.36. The molecule has 0 aromatic heterocycles. The fraction of sp³-hybridized carbons (Fsp3) is 0.600. The first-order valence-corrected chi connectivity index (χ1v) is 4.14. The summed E-state index contributed by atoms with van der Waals surface area (Å²) in [7, 11) is 0. The molecule has 0 bridgehead atoms. The predicted octanol–water partition coefficient (Wildman–Crippen LogP) is 3.55. The first kappa shape index (κ1) is 13.6. The molecule has 0 aromatic carbocycles. The van der Waals surface area contributed by atoms with E-state index >= 15 is 0 Å². The van der Waals surface area contributed by atoms with Crippen molar-refractivity contribution < 1.29 is 18.6 Å². The maximum atomic E-state index is 2.28. The van der Waals surface area contributed by atoms with E-state index in [1.165, 1.54) is 12.0 Å². The Morgan fingerprint density at radius 3 is 2.18 bits per heavy atom. The Balaban J connectivity index is 0. The third kappa shape index (κ3) is 6.46. The monoisotopic (exact) mass is 189 g/mol. The van der Waals surface area contributed by atoms with E-state index in [2.05, 4.69) is 32.1 Å². The van der Waals surface area contributed by atoms with Crippen LogP contribution in [-0.4, -0.2) is 0 Å². The van der Waals surface area contributed by atoms with Gasteiger partial charge < -0.3 is 0 Å². The van der Waals surface area contributed by atoms with Gasteiger partial charge in [-0.15, -0.1) is 0 Å². The SMILES string of the molecule is CC.CC1=CCC(C)C=C1.[V]. The Morgan fingerprint density at radius 1 is 1.36 bits per heavy atom. The normalized spacial score (nSPS) is 20.7. The molecule has 1 rings (SSSR count). The van der Waals surface area contributed by atoms with Crippen LogP contribution in [0.25, 0.3) is 0 Å². The maximum Gasteiger partial charge on any atom is 0 e. The van der Waals surface area contributed by atoms with Crippen LogP contribution in [0.1, 0.15) is 34.1 Å². The molecule has 0 nitrogen and oxygen atoms in total. The zero-order valence-electron chi connectivity index (χ0n) is 7.96. The summed E-state index contributed by atoms with van der Waals surface area (Å²) in [5.74, 6) is 0.763. The molecule has 1 unspecified atom stereocenters. The van der Waals surface area contributed by atoms with E-state index in [9.17, 15) is 0 Å². The Labute approximate surface area is 82.7 Å². The van der Waals surface area contributed by atoms with E-state index in [1.54, 1.807) is 0 Å². The minimum Gasteiger partial charge on any atom is -0.0811 e. The fourth-order valence-corrected chi connectivity index (χ4v) is 0.834. The van der Waals surface area contributed by atoms with Gasteiger partial charge in [0.05, 0.1) is 0 Å². The maximum absolute atomic E-state index is 2.28. The second-order valence-electron chi connectivity index (χ2n) is 2.52. The van der Waals surface area contributed by atoms with Gasteiger partial charge in [0.1, 0.15) is 0 Å². The minimum absolute atomic E-state index is 0. The van der Waals surface area contributed by atoms with E-state index in [0.717, 1.165) is 5.92 Å². The van der Waals surface area contributed by atoms with Gasteiger partial charge in [-0.05, 0) is 19.3 Å². The first-order chi connectivity index (χ1) is 4.79. The molecule has 0 saturated carbocycles. The van der Waals surface area contributed by atoms with Gasteiger partial charge in [-0.1, -0.05) is 44.6 Å². The van der Waals surface area contributed by atoms with Crippen LogP contribution >= 0.6 is 0 Å². The van der Waals surface area contributed by atoms with Crippen molar-refractivity contribution in [2.24, 2.45) is 5.92 Å². The Kier molecular flexibility index (Phi) is 10.1. The Bertz CT molecular complexity index is 134. The molecule has 63 valence electrons. The van der Waals surface area contributed by atoms with Gasteiger partial charge in [0, 0.05) is 18.6 Å². The molecule has 1 heteroatoms. The van der Waals surface area contributed by atoms with E-state index in [-0.39, 0.29) is 18.6 Å². The van der Waals surface area contributed by atoms with Gasteiger partial charge in [0.2, 0.25) is 0 Å². The quantitative estimate of drug-likeness (QED) is 0.546. The molecule has 0 saturated heterocycles. The van der Waals surface area contributed by atoms with Crippen LogP contribution in [0, 0.1) is 5.92 Å². The zero-order chi connectivity index (χ0) is 7.98. The smallest absolute Gasteiger partial charge is 0 e. The van der Waals surface area contributed by atoms with Crippen LogP contribution < -0.4 is 0 Å². The number of hydrogen-bond acceptors (Lipinski definition) is 0. The van der Waals surface area contributed by atoms with E-state index < -0.39 is 0 Å². The van der Waals surface area contributed by atoms with Gasteiger partial charge in [0.15, 0.2) is 0 Å². The standard InChI is InChI=1S/C8H12.C2H6.V/c1-7-3-5-8(2)6-4-7;1-2;/h3-5,8H,6H2,1-2H3;1-2H3;. The summed E-state index contributed by atoms with van der Waals surface area (Å²) in [5.41, 5.74) is 1.41. The summed E-state index contributed by atoms with van der Waals surface area (Å²) in [6.07, 6.45) is 7.95. The van der Waals surface area contributed by atoms with Gasteiger partial charge in [-0.2, -0.15) is 0 Å². The minimum atomic E-state index is 0. The molecule has 0 N–H and O–H groups in total. The van der Waals surface area contributed by atoms with Crippen molar-refractivity contribution in [3.8, 4) is 0 Å². The van der Waals surface area contributed by atoms with Crippen LogP contribution in [0.4, 0.5) is 0 Å². The average molecular weight is 189 g/mol. The summed E-state index contributed by atoms with van der Waals surface area (Å²) >= 11 is 0. The van der Waals surface area contributed by atoms with Crippen LogP contribution in [0.3, 0.4) is 0 Å². The third-order valence-electron chi connectivity index (χ3n) is 1.50. The predicted molar refractivity (Wildman–Crippen MR) is 48.0 cm³/mol. The van der Waals surface area contributed by atoms with E-state index in [0.29, 0.717) is 0 Å². The van der Waals surface area contributed by atoms with Gasteiger partial charge in [0.25, 0.3) is 0 Å². The summed E-state index contributed by atoms with van der Waals surface area (Å²) in [4.78, 5) is 0. The molecular weight excluding hydrogens is 171 g/mol. The average Bonchev–Trinajstić information content (AvgIpc) is 2.00. The van der Waals surface area contributed by atoms with Crippen molar-refractivity contribution in [1.29, 1.82) is 0 Å². The van der Waals surface area contributed by atoms with Crippen molar-refractivity contribution in [3.05, 3.63) is 23.8 Å². The first-order valence-electron chi connectivity index (χ1n) is 4.14. The topological polar surface area (TPSA) is 0 Å². The molecule has 1 radical (unpaired) electrons.